The van der Waals surface area contributed by atoms with Crippen molar-refractivity contribution in [1.29, 1.82) is 0 Å². The van der Waals surface area contributed by atoms with Gasteiger partial charge in [0, 0.05) is 37.0 Å². The zero-order chi connectivity index (χ0) is 28.2. The Morgan fingerprint density at radius 1 is 1.12 bits per heavy atom. The third-order valence-electron chi connectivity index (χ3n) is 7.64. The molecule has 2 amide bonds. The van der Waals surface area contributed by atoms with E-state index in [1.165, 1.54) is 0 Å². The zero-order valence-electron chi connectivity index (χ0n) is 22.6. The molecule has 0 radical (unpaired) electrons. The maximum Gasteiger partial charge on any atom is 0.319 e. The summed E-state index contributed by atoms with van der Waals surface area (Å²) >= 11 is 0. The van der Waals surface area contributed by atoms with Gasteiger partial charge in [-0.1, -0.05) is 18.2 Å². The van der Waals surface area contributed by atoms with Crippen LogP contribution in [-0.4, -0.2) is 69.2 Å². The highest BCUT2D eigenvalue weighted by Crippen LogP contribution is 2.71. The summed E-state index contributed by atoms with van der Waals surface area (Å²) in [6, 6.07) is 18.0. The quantitative estimate of drug-likeness (QED) is 0.226. The topological polar surface area (TPSA) is 140 Å². The number of aliphatic hydroxyl groups excluding tert-OH is 1. The summed E-state index contributed by atoms with van der Waals surface area (Å²) in [6.45, 7) is 4.33. The number of benzene rings is 2. The van der Waals surface area contributed by atoms with Crippen LogP contribution in [0.15, 0.2) is 65.6 Å². The second-order valence-corrected chi connectivity index (χ2v) is 12.6. The molecule has 40 heavy (non-hydrogen) atoms. The number of aromatic nitrogens is 2. The van der Waals surface area contributed by atoms with Crippen molar-refractivity contribution in [3.05, 3.63) is 66.4 Å². The molecule has 1 saturated heterocycles. The van der Waals surface area contributed by atoms with Gasteiger partial charge in [0.05, 0.1) is 29.8 Å². The second kappa shape index (κ2) is 12.1. The number of nitrogens with one attached hydrogen (secondary N) is 2. The van der Waals surface area contributed by atoms with Gasteiger partial charge in [-0.3, -0.25) is 9.11 Å². The monoisotopic (exact) mass is 567 g/mol. The maximum atomic E-state index is 12.1. The molecule has 0 unspecified atom stereocenters. The van der Waals surface area contributed by atoms with E-state index < -0.39 is 15.3 Å². The molecule has 0 spiro atoms. The number of anilines is 2. The summed E-state index contributed by atoms with van der Waals surface area (Å²) in [6.07, 6.45) is 2.60. The number of rotatable bonds is 9. The largest absolute Gasteiger partial charge is 0.396 e. The van der Waals surface area contributed by atoms with E-state index in [2.05, 4.69) is 22.5 Å². The Kier molecular flexibility index (Phi) is 8.57. The van der Waals surface area contributed by atoms with Gasteiger partial charge in [0.15, 0.2) is 5.82 Å². The van der Waals surface area contributed by atoms with E-state index in [1.807, 2.05) is 36.4 Å². The molecule has 2 aromatic carbocycles. The molecule has 0 bridgehead atoms. The van der Waals surface area contributed by atoms with Crippen molar-refractivity contribution >= 4 is 28.1 Å². The van der Waals surface area contributed by atoms with Gasteiger partial charge in [0.2, 0.25) is 0 Å². The van der Waals surface area contributed by atoms with Gasteiger partial charge in [-0.2, -0.15) is 10.6 Å². The van der Waals surface area contributed by atoms with Crippen molar-refractivity contribution < 1.29 is 23.7 Å². The minimum atomic E-state index is -3.21. The number of hydrogen-bond acceptors (Lipinski definition) is 8. The molecule has 11 heteroatoms. The van der Waals surface area contributed by atoms with Crippen molar-refractivity contribution in [1.82, 2.24) is 15.3 Å². The molecule has 2 fully saturated rings. The summed E-state index contributed by atoms with van der Waals surface area (Å²) in [4.78, 5) is 24.7. The summed E-state index contributed by atoms with van der Waals surface area (Å²) in [7, 11) is -3.21. The van der Waals surface area contributed by atoms with Crippen molar-refractivity contribution in [2.75, 3.05) is 43.1 Å². The van der Waals surface area contributed by atoms with Crippen molar-refractivity contribution in [3.8, 4) is 11.4 Å². The smallest absolute Gasteiger partial charge is 0.319 e. The van der Waals surface area contributed by atoms with Gasteiger partial charge in [-0.25, -0.2) is 14.8 Å². The lowest BCUT2D eigenvalue weighted by atomic mass is 9.81. The number of amides is 2. The molecule has 5 rings (SSSR count). The first-order chi connectivity index (χ1) is 19.3. The Morgan fingerprint density at radius 3 is 2.52 bits per heavy atom. The van der Waals surface area contributed by atoms with Crippen molar-refractivity contribution in [2.24, 2.45) is 0 Å². The number of aliphatic hydroxyl groups is 1. The number of morpholine rings is 1. The van der Waals surface area contributed by atoms with Crippen LogP contribution in [0, 0.1) is 0 Å². The van der Waals surface area contributed by atoms with Crippen LogP contribution >= 0.6 is 10.6 Å². The summed E-state index contributed by atoms with van der Waals surface area (Å²) in [5.41, 5.74) is 1.99. The van der Waals surface area contributed by atoms with Crippen LogP contribution < -0.4 is 15.5 Å². The first kappa shape index (κ1) is 28.3. The molecular weight excluding hydrogens is 530 g/mol. The van der Waals surface area contributed by atoms with Gasteiger partial charge < -0.3 is 25.4 Å². The molecule has 2 heterocycles. The SMILES string of the molecule is C[C@H]1COCCN1c1cc(C2(S(O)(O)c3ccccc3)CCC2)nc(-c2ccc(NC(=O)NCCCO)cc2)n1. The lowest BCUT2D eigenvalue weighted by Gasteiger charge is -2.55. The number of carbonyl (C=O) groups excluding carboxylic acids is 1. The van der Waals surface area contributed by atoms with E-state index in [-0.39, 0.29) is 18.7 Å². The van der Waals surface area contributed by atoms with E-state index in [4.69, 9.17) is 19.8 Å². The first-order valence-electron chi connectivity index (χ1n) is 13.7. The van der Waals surface area contributed by atoms with Gasteiger partial charge >= 0.3 is 6.03 Å². The normalized spacial score (nSPS) is 19.0. The zero-order valence-corrected chi connectivity index (χ0v) is 23.4. The average Bonchev–Trinajstić information content (AvgIpc) is 2.93. The Balaban J connectivity index is 1.51. The fourth-order valence-corrected chi connectivity index (χ4v) is 7.43. The summed E-state index contributed by atoms with van der Waals surface area (Å²) in [5.74, 6) is 1.22. The van der Waals surface area contributed by atoms with Crippen LogP contribution in [0.3, 0.4) is 0 Å². The van der Waals surface area contributed by atoms with E-state index in [1.54, 1.807) is 24.3 Å². The minimum absolute atomic E-state index is 0.0150. The molecule has 3 aromatic rings. The molecule has 1 aliphatic carbocycles. The predicted octanol–water partition coefficient (Wildman–Crippen LogP) is 5.06. The van der Waals surface area contributed by atoms with Crippen LogP contribution in [0.25, 0.3) is 11.4 Å². The highest BCUT2D eigenvalue weighted by atomic mass is 32.3. The molecule has 1 saturated carbocycles. The van der Waals surface area contributed by atoms with E-state index in [0.717, 1.165) is 17.8 Å². The lowest BCUT2D eigenvalue weighted by Crippen LogP contribution is -2.45. The summed E-state index contributed by atoms with van der Waals surface area (Å²) < 4.78 is 28.2. The number of nitrogens with zero attached hydrogens (tertiary/aromatic N) is 3. The Hall–Kier alpha value is -3.22. The Labute approximate surface area is 236 Å². The first-order valence-corrected chi connectivity index (χ1v) is 15.2. The van der Waals surface area contributed by atoms with Crippen molar-refractivity contribution in [2.45, 2.75) is 48.3 Å². The Morgan fingerprint density at radius 2 is 1.88 bits per heavy atom. The molecule has 1 aliphatic heterocycles. The molecular formula is C29H37N5O5S. The van der Waals surface area contributed by atoms with Crippen LogP contribution in [0.5, 0.6) is 0 Å². The van der Waals surface area contributed by atoms with Gasteiger partial charge in [0.1, 0.15) is 10.6 Å². The van der Waals surface area contributed by atoms with Gasteiger partial charge in [-0.15, -0.1) is 0 Å². The third kappa shape index (κ3) is 5.65. The predicted molar refractivity (Wildman–Crippen MR) is 157 cm³/mol. The molecule has 10 nitrogen and oxygen atoms in total. The second-order valence-electron chi connectivity index (χ2n) is 10.3. The molecule has 5 N–H and O–H groups in total. The average molecular weight is 568 g/mol. The van der Waals surface area contributed by atoms with Crippen LogP contribution in [0.1, 0.15) is 38.3 Å². The third-order valence-corrected chi connectivity index (χ3v) is 10.3. The fraction of sp³-hybridized carbons (Fsp3) is 0.414. The molecule has 1 atom stereocenters. The minimum Gasteiger partial charge on any atom is -0.396 e. The molecule has 2 aliphatic rings. The molecule has 214 valence electrons. The van der Waals surface area contributed by atoms with E-state index in [0.29, 0.717) is 67.7 Å². The number of hydrogen-bond donors (Lipinski definition) is 5. The van der Waals surface area contributed by atoms with Crippen LogP contribution in [0.4, 0.5) is 16.3 Å². The van der Waals surface area contributed by atoms with E-state index in [9.17, 15) is 13.9 Å². The lowest BCUT2D eigenvalue weighted by molar-refractivity contribution is 0.0985. The maximum absolute atomic E-state index is 12.1. The van der Waals surface area contributed by atoms with E-state index >= 15 is 0 Å². The molecule has 1 aromatic heterocycles. The highest BCUT2D eigenvalue weighted by molar-refractivity contribution is 8.25. The number of ether oxygens (including phenoxy) is 1. The number of carbonyl (C=O) groups is 1. The summed E-state index contributed by atoms with van der Waals surface area (Å²) in [5, 5.41) is 14.4. The van der Waals surface area contributed by atoms with Gasteiger partial charge in [-0.05, 0) is 69.0 Å². The van der Waals surface area contributed by atoms with Crippen LogP contribution in [0.2, 0.25) is 0 Å². The fourth-order valence-electron chi connectivity index (χ4n) is 5.19. The standard InChI is InChI=1S/C29H37N5O5S/c1-21-20-39-18-16-34(21)26-19-25(29(13-5-14-29)40(37,38)24-7-3-2-4-8-24)32-27(33-26)22-9-11-23(12-10-22)31-28(36)30-15-6-17-35/h2-4,7-12,19,21,35,37-38H,5-6,13-18,20H2,1H3,(H2,30,31,36)/t21-/m0/s1. The highest BCUT2D eigenvalue weighted by Gasteiger charge is 2.52. The van der Waals surface area contributed by atoms with Gasteiger partial charge in [0.25, 0.3) is 0 Å². The Bertz CT molecular complexity index is 1300. The number of urea groups is 1. The van der Waals surface area contributed by atoms with Crippen molar-refractivity contribution in [3.63, 3.8) is 0 Å². The van der Waals surface area contributed by atoms with Crippen LogP contribution in [-0.2, 0) is 9.48 Å².